The van der Waals surface area contributed by atoms with Crippen LogP contribution in [0.5, 0.6) is 0 Å². The van der Waals surface area contributed by atoms with Gasteiger partial charge in [-0.1, -0.05) is 6.92 Å². The van der Waals surface area contributed by atoms with Crippen molar-refractivity contribution in [2.45, 2.75) is 19.4 Å². The fraction of sp³-hybridized carbons (Fsp3) is 0.462. The topological polar surface area (TPSA) is 81.3 Å². The van der Waals surface area contributed by atoms with Crippen molar-refractivity contribution in [1.29, 1.82) is 0 Å². The molecule has 0 aromatic carbocycles. The quantitative estimate of drug-likeness (QED) is 0.910. The summed E-state index contributed by atoms with van der Waals surface area (Å²) in [7, 11) is 0. The minimum Gasteiger partial charge on any atom is -0.367 e. The van der Waals surface area contributed by atoms with E-state index in [-0.39, 0.29) is 0 Å². The second-order valence-corrected chi connectivity index (χ2v) is 5.81. The number of thiophene rings is 1. The van der Waals surface area contributed by atoms with Gasteiger partial charge in [-0.15, -0.1) is 11.3 Å². The summed E-state index contributed by atoms with van der Waals surface area (Å²) in [6.07, 6.45) is 1.98. The highest BCUT2D eigenvalue weighted by Crippen LogP contribution is 2.31. The van der Waals surface area contributed by atoms with Crippen LogP contribution >= 0.6 is 11.3 Å². The number of carbonyl (C=O) groups excluding carboxylic acids is 1. The molecular formula is C13H16N4O2S. The number of anilines is 1. The zero-order valence-corrected chi connectivity index (χ0v) is 12.0. The molecule has 1 saturated heterocycles. The van der Waals surface area contributed by atoms with E-state index in [1.807, 2.05) is 0 Å². The largest absolute Gasteiger partial charge is 0.367 e. The molecule has 2 aromatic rings. The van der Waals surface area contributed by atoms with E-state index in [0.717, 1.165) is 22.5 Å². The molecule has 1 aliphatic rings. The monoisotopic (exact) mass is 292 g/mol. The maximum absolute atomic E-state index is 11.3. The first-order chi connectivity index (χ1) is 9.69. The smallest absolute Gasteiger partial charge is 0.248 e. The van der Waals surface area contributed by atoms with Crippen LogP contribution in [-0.4, -0.2) is 41.7 Å². The Morgan fingerprint density at radius 3 is 3.20 bits per heavy atom. The van der Waals surface area contributed by atoms with Gasteiger partial charge in [0.25, 0.3) is 0 Å². The number of aryl methyl sites for hydroxylation is 1. The number of morpholine rings is 1. The molecule has 7 heteroatoms. The average molecular weight is 292 g/mol. The molecular weight excluding hydrogens is 276 g/mol. The fourth-order valence-corrected chi connectivity index (χ4v) is 3.26. The standard InChI is InChI=1S/C13H16N4O2S/c1-2-8-5-9-12(15-7-16-13(9)20-8)17-3-4-19-10(6-17)11(14)18/h5,7,10H,2-4,6H2,1H3,(H2,14,18). The van der Waals surface area contributed by atoms with E-state index in [1.165, 1.54) is 4.88 Å². The predicted molar refractivity (Wildman–Crippen MR) is 77.9 cm³/mol. The molecule has 1 fully saturated rings. The molecule has 0 spiro atoms. The lowest BCUT2D eigenvalue weighted by Gasteiger charge is -2.32. The zero-order valence-electron chi connectivity index (χ0n) is 11.2. The number of ether oxygens (including phenoxy) is 1. The van der Waals surface area contributed by atoms with Crippen LogP contribution in [0, 0.1) is 0 Å². The molecule has 20 heavy (non-hydrogen) atoms. The van der Waals surface area contributed by atoms with Crippen molar-refractivity contribution in [2.24, 2.45) is 5.73 Å². The van der Waals surface area contributed by atoms with Crippen LogP contribution < -0.4 is 10.6 Å². The van der Waals surface area contributed by atoms with Crippen molar-refractivity contribution >= 4 is 33.3 Å². The SMILES string of the molecule is CCc1cc2c(N3CCOC(C(N)=O)C3)ncnc2s1. The van der Waals surface area contributed by atoms with Crippen LogP contribution in [0.1, 0.15) is 11.8 Å². The van der Waals surface area contributed by atoms with Crippen molar-refractivity contribution in [3.63, 3.8) is 0 Å². The van der Waals surface area contributed by atoms with Crippen LogP contribution in [0.15, 0.2) is 12.4 Å². The molecule has 0 aliphatic carbocycles. The van der Waals surface area contributed by atoms with Crippen molar-refractivity contribution in [3.05, 3.63) is 17.3 Å². The molecule has 1 aliphatic heterocycles. The van der Waals surface area contributed by atoms with Gasteiger partial charge >= 0.3 is 0 Å². The Bertz CT molecular complexity index is 642. The lowest BCUT2D eigenvalue weighted by molar-refractivity contribution is -0.130. The summed E-state index contributed by atoms with van der Waals surface area (Å²) < 4.78 is 5.37. The Morgan fingerprint density at radius 1 is 1.60 bits per heavy atom. The first kappa shape index (κ1) is 13.3. The highest BCUT2D eigenvalue weighted by molar-refractivity contribution is 7.18. The molecule has 106 valence electrons. The Balaban J connectivity index is 1.96. The van der Waals surface area contributed by atoms with Gasteiger partial charge in [-0.05, 0) is 12.5 Å². The minimum absolute atomic E-state index is 0.431. The van der Waals surface area contributed by atoms with E-state index in [0.29, 0.717) is 19.7 Å². The number of carbonyl (C=O) groups is 1. The first-order valence-corrected chi connectivity index (χ1v) is 7.40. The van der Waals surface area contributed by atoms with E-state index >= 15 is 0 Å². The van der Waals surface area contributed by atoms with Gasteiger partial charge in [0.05, 0.1) is 18.5 Å². The van der Waals surface area contributed by atoms with Gasteiger partial charge in [-0.3, -0.25) is 4.79 Å². The van der Waals surface area contributed by atoms with Gasteiger partial charge in [0.15, 0.2) is 6.10 Å². The van der Waals surface area contributed by atoms with Crippen LogP contribution in [0.4, 0.5) is 5.82 Å². The van der Waals surface area contributed by atoms with Crippen LogP contribution in [0.2, 0.25) is 0 Å². The van der Waals surface area contributed by atoms with Gasteiger partial charge in [-0.25, -0.2) is 9.97 Å². The van der Waals surface area contributed by atoms with Crippen molar-refractivity contribution in [3.8, 4) is 0 Å². The van der Waals surface area contributed by atoms with Gasteiger partial charge in [0.2, 0.25) is 5.91 Å². The third kappa shape index (κ3) is 2.34. The first-order valence-electron chi connectivity index (χ1n) is 6.58. The molecule has 2 N–H and O–H groups in total. The molecule has 0 radical (unpaired) electrons. The summed E-state index contributed by atoms with van der Waals surface area (Å²) in [5.74, 6) is 0.431. The number of rotatable bonds is 3. The van der Waals surface area contributed by atoms with E-state index in [1.54, 1.807) is 17.7 Å². The maximum Gasteiger partial charge on any atom is 0.248 e. The summed E-state index contributed by atoms with van der Waals surface area (Å²) in [6, 6.07) is 2.13. The Kier molecular flexibility index (Phi) is 3.54. The third-order valence-electron chi connectivity index (χ3n) is 3.39. The second-order valence-electron chi connectivity index (χ2n) is 4.69. The Hall–Kier alpha value is -1.73. The lowest BCUT2D eigenvalue weighted by Crippen LogP contribution is -2.48. The maximum atomic E-state index is 11.3. The summed E-state index contributed by atoms with van der Waals surface area (Å²) >= 11 is 1.68. The summed E-state index contributed by atoms with van der Waals surface area (Å²) in [6.45, 7) is 3.74. The van der Waals surface area contributed by atoms with E-state index < -0.39 is 12.0 Å². The van der Waals surface area contributed by atoms with E-state index in [4.69, 9.17) is 10.5 Å². The van der Waals surface area contributed by atoms with Gasteiger partial charge < -0.3 is 15.4 Å². The van der Waals surface area contributed by atoms with Gasteiger partial charge in [0.1, 0.15) is 17.0 Å². The van der Waals surface area contributed by atoms with Crippen LogP contribution in [-0.2, 0) is 16.0 Å². The van der Waals surface area contributed by atoms with E-state index in [9.17, 15) is 4.79 Å². The normalized spacial score (nSPS) is 19.4. The van der Waals surface area contributed by atoms with Crippen molar-refractivity contribution < 1.29 is 9.53 Å². The van der Waals surface area contributed by atoms with Crippen molar-refractivity contribution in [1.82, 2.24) is 9.97 Å². The van der Waals surface area contributed by atoms with Crippen molar-refractivity contribution in [2.75, 3.05) is 24.6 Å². The zero-order chi connectivity index (χ0) is 14.1. The molecule has 1 unspecified atom stereocenters. The van der Waals surface area contributed by atoms with Crippen LogP contribution in [0.25, 0.3) is 10.2 Å². The predicted octanol–water partition coefficient (Wildman–Crippen LogP) is 0.944. The number of amides is 1. The molecule has 0 bridgehead atoms. The molecule has 1 atom stereocenters. The number of hydrogen-bond donors (Lipinski definition) is 1. The molecule has 1 amide bonds. The number of nitrogens with two attached hydrogens (primary N) is 1. The average Bonchev–Trinajstić information content (AvgIpc) is 2.90. The highest BCUT2D eigenvalue weighted by Gasteiger charge is 2.26. The number of fused-ring (bicyclic) bond motifs is 1. The van der Waals surface area contributed by atoms with E-state index in [2.05, 4.69) is 27.9 Å². The summed E-state index contributed by atoms with van der Waals surface area (Å²) in [5.41, 5.74) is 5.32. The highest BCUT2D eigenvalue weighted by atomic mass is 32.1. The number of primary amides is 1. The molecule has 3 heterocycles. The number of hydrogen-bond acceptors (Lipinski definition) is 6. The minimum atomic E-state index is -0.571. The van der Waals surface area contributed by atoms with Gasteiger partial charge in [0, 0.05) is 11.4 Å². The molecule has 3 rings (SSSR count). The fourth-order valence-electron chi connectivity index (χ4n) is 2.33. The Labute approximate surface area is 120 Å². The molecule has 0 saturated carbocycles. The summed E-state index contributed by atoms with van der Waals surface area (Å²) in [5, 5.41) is 1.04. The van der Waals surface area contributed by atoms with Gasteiger partial charge in [-0.2, -0.15) is 0 Å². The Morgan fingerprint density at radius 2 is 2.45 bits per heavy atom. The summed E-state index contributed by atoms with van der Waals surface area (Å²) in [4.78, 5) is 24.3. The molecule has 6 nitrogen and oxygen atoms in total. The lowest BCUT2D eigenvalue weighted by atomic mass is 10.2. The second kappa shape index (κ2) is 5.34. The number of aromatic nitrogens is 2. The number of nitrogens with zero attached hydrogens (tertiary/aromatic N) is 3. The third-order valence-corrected chi connectivity index (χ3v) is 4.58. The molecule has 2 aromatic heterocycles. The van der Waals surface area contributed by atoms with Crippen LogP contribution in [0.3, 0.4) is 0 Å².